The molecule has 3 aromatic rings. The highest BCUT2D eigenvalue weighted by Crippen LogP contribution is 2.28. The second-order valence-electron chi connectivity index (χ2n) is 8.43. The van der Waals surface area contributed by atoms with Gasteiger partial charge in [0.2, 0.25) is 5.91 Å². The summed E-state index contributed by atoms with van der Waals surface area (Å²) in [5.74, 6) is 1.08. The summed E-state index contributed by atoms with van der Waals surface area (Å²) in [4.78, 5) is 26.8. The van der Waals surface area contributed by atoms with Gasteiger partial charge in [0.25, 0.3) is 0 Å². The summed E-state index contributed by atoms with van der Waals surface area (Å²) in [6, 6.07) is 8.10. The van der Waals surface area contributed by atoms with Crippen molar-refractivity contribution in [3.8, 4) is 0 Å². The van der Waals surface area contributed by atoms with Crippen LogP contribution < -0.4 is 10.2 Å². The van der Waals surface area contributed by atoms with Gasteiger partial charge in [0.1, 0.15) is 0 Å². The number of rotatable bonds is 6. The van der Waals surface area contributed by atoms with E-state index in [2.05, 4.69) is 30.6 Å². The minimum atomic E-state index is -0.00613. The summed E-state index contributed by atoms with van der Waals surface area (Å²) in [5, 5.41) is 3.16. The van der Waals surface area contributed by atoms with E-state index in [1.165, 1.54) is 0 Å². The molecule has 5 rings (SSSR count). The first-order chi connectivity index (χ1) is 15.3. The molecule has 1 amide bonds. The largest absolute Gasteiger partial charge is 0.379 e. The zero-order valence-corrected chi connectivity index (χ0v) is 17.9. The van der Waals surface area contributed by atoms with Gasteiger partial charge in [-0.3, -0.25) is 9.69 Å². The lowest BCUT2D eigenvalue weighted by Gasteiger charge is -2.33. The van der Waals surface area contributed by atoms with Crippen molar-refractivity contribution >= 4 is 28.4 Å². The molecule has 2 saturated heterocycles. The Bertz CT molecular complexity index is 1040. The molecule has 1 atom stereocenters. The van der Waals surface area contributed by atoms with Gasteiger partial charge in [-0.25, -0.2) is 9.97 Å². The number of nitrogens with one attached hydrogen (secondary N) is 1. The number of carbonyl (C=O) groups is 1. The maximum Gasteiger partial charge on any atom is 0.224 e. The molecule has 164 valence electrons. The molecule has 2 aliphatic rings. The van der Waals surface area contributed by atoms with Crippen LogP contribution in [0.15, 0.2) is 36.7 Å². The molecule has 8 heteroatoms. The smallest absolute Gasteiger partial charge is 0.224 e. The number of piperidine rings is 1. The fourth-order valence-electron chi connectivity index (χ4n) is 4.69. The van der Waals surface area contributed by atoms with E-state index in [0.29, 0.717) is 6.54 Å². The minimum Gasteiger partial charge on any atom is -0.379 e. The third-order valence-corrected chi connectivity index (χ3v) is 6.36. The van der Waals surface area contributed by atoms with E-state index in [4.69, 9.17) is 9.72 Å². The van der Waals surface area contributed by atoms with Crippen LogP contribution in [0.2, 0.25) is 0 Å². The number of anilines is 1. The monoisotopic (exact) mass is 422 g/mol. The molecule has 0 radical (unpaired) electrons. The van der Waals surface area contributed by atoms with Crippen molar-refractivity contribution in [3.05, 3.63) is 36.7 Å². The Morgan fingerprint density at radius 2 is 2.03 bits per heavy atom. The molecule has 31 heavy (non-hydrogen) atoms. The Labute approximate surface area is 182 Å². The van der Waals surface area contributed by atoms with Crippen LogP contribution in [0.4, 0.5) is 5.82 Å². The number of amides is 1. The number of hydrogen-bond donors (Lipinski definition) is 1. The van der Waals surface area contributed by atoms with Crippen LogP contribution in [-0.4, -0.2) is 77.7 Å². The van der Waals surface area contributed by atoms with Crippen molar-refractivity contribution in [2.75, 3.05) is 57.4 Å². The van der Waals surface area contributed by atoms with E-state index in [1.807, 2.05) is 24.4 Å². The maximum absolute atomic E-state index is 12.8. The Kier molecular flexibility index (Phi) is 5.99. The first-order valence-electron chi connectivity index (χ1n) is 11.3. The molecule has 0 saturated carbocycles. The van der Waals surface area contributed by atoms with E-state index in [0.717, 1.165) is 87.7 Å². The van der Waals surface area contributed by atoms with Gasteiger partial charge in [-0.15, -0.1) is 0 Å². The Hall–Kier alpha value is -2.71. The highest BCUT2D eigenvalue weighted by atomic mass is 16.5. The van der Waals surface area contributed by atoms with Crippen molar-refractivity contribution in [2.45, 2.75) is 19.3 Å². The quantitative estimate of drug-likeness (QED) is 0.612. The molecule has 2 fully saturated rings. The minimum absolute atomic E-state index is 0.00613. The first kappa shape index (κ1) is 20.2. The van der Waals surface area contributed by atoms with E-state index >= 15 is 0 Å². The predicted octanol–water partition coefficient (Wildman–Crippen LogP) is 1.94. The van der Waals surface area contributed by atoms with E-state index < -0.39 is 0 Å². The number of ether oxygens (including phenoxy) is 1. The number of carbonyl (C=O) groups excluding carboxylic acids is 1. The summed E-state index contributed by atoms with van der Waals surface area (Å²) in [6.07, 6.45) is 6.71. The summed E-state index contributed by atoms with van der Waals surface area (Å²) >= 11 is 0. The lowest BCUT2D eigenvalue weighted by molar-refractivity contribution is -0.125. The number of aromatic nitrogens is 3. The molecule has 5 heterocycles. The van der Waals surface area contributed by atoms with Gasteiger partial charge >= 0.3 is 0 Å². The van der Waals surface area contributed by atoms with Crippen molar-refractivity contribution in [2.24, 2.45) is 5.92 Å². The number of fused-ring (bicyclic) bond motifs is 3. The Balaban J connectivity index is 1.23. The summed E-state index contributed by atoms with van der Waals surface area (Å²) in [6.45, 7) is 6.97. The topological polar surface area (TPSA) is 75.0 Å². The third kappa shape index (κ3) is 4.36. The van der Waals surface area contributed by atoms with Crippen LogP contribution in [0.3, 0.4) is 0 Å². The van der Waals surface area contributed by atoms with Crippen LogP contribution in [0.1, 0.15) is 19.3 Å². The van der Waals surface area contributed by atoms with E-state index in [1.54, 1.807) is 6.20 Å². The summed E-state index contributed by atoms with van der Waals surface area (Å²) < 4.78 is 7.53. The number of hydrogen-bond acceptors (Lipinski definition) is 6. The Morgan fingerprint density at radius 3 is 2.94 bits per heavy atom. The van der Waals surface area contributed by atoms with Gasteiger partial charge in [-0.05, 0) is 50.1 Å². The highest BCUT2D eigenvalue weighted by molar-refractivity contribution is 5.84. The molecule has 0 bridgehead atoms. The molecule has 0 aliphatic carbocycles. The van der Waals surface area contributed by atoms with Crippen molar-refractivity contribution in [1.29, 1.82) is 0 Å². The molecular weight excluding hydrogens is 392 g/mol. The fraction of sp³-hybridized carbons (Fsp3) is 0.522. The average molecular weight is 423 g/mol. The molecular formula is C23H30N6O2. The maximum atomic E-state index is 12.8. The average Bonchev–Trinajstić information content (AvgIpc) is 3.32. The van der Waals surface area contributed by atoms with Crippen LogP contribution in [0.5, 0.6) is 0 Å². The van der Waals surface area contributed by atoms with E-state index in [-0.39, 0.29) is 11.8 Å². The lowest BCUT2D eigenvalue weighted by atomic mass is 9.97. The van der Waals surface area contributed by atoms with Gasteiger partial charge in [0, 0.05) is 45.1 Å². The van der Waals surface area contributed by atoms with Gasteiger partial charge in [-0.1, -0.05) is 0 Å². The SMILES string of the molecule is O=C(NCCCN1CCOCC1)[C@@H]1CCCN(c2nc3ncccc3n3cccc23)C1. The summed E-state index contributed by atoms with van der Waals surface area (Å²) in [7, 11) is 0. The van der Waals surface area contributed by atoms with Gasteiger partial charge in [0.15, 0.2) is 11.5 Å². The van der Waals surface area contributed by atoms with Crippen LogP contribution in [0, 0.1) is 5.92 Å². The zero-order chi connectivity index (χ0) is 21.0. The molecule has 1 N–H and O–H groups in total. The van der Waals surface area contributed by atoms with Crippen LogP contribution >= 0.6 is 0 Å². The molecule has 3 aromatic heterocycles. The first-order valence-corrected chi connectivity index (χ1v) is 11.3. The second kappa shape index (κ2) is 9.20. The highest BCUT2D eigenvalue weighted by Gasteiger charge is 2.28. The molecule has 0 spiro atoms. The number of morpholine rings is 1. The molecule has 0 unspecified atom stereocenters. The molecule has 8 nitrogen and oxygen atoms in total. The Morgan fingerprint density at radius 1 is 1.16 bits per heavy atom. The fourth-order valence-corrected chi connectivity index (χ4v) is 4.69. The molecule has 0 aromatic carbocycles. The normalized spacial score (nSPS) is 20.4. The number of pyridine rings is 1. The van der Waals surface area contributed by atoms with Crippen molar-refractivity contribution < 1.29 is 9.53 Å². The van der Waals surface area contributed by atoms with Crippen molar-refractivity contribution in [1.82, 2.24) is 24.6 Å². The molecule has 2 aliphatic heterocycles. The summed E-state index contributed by atoms with van der Waals surface area (Å²) in [5.41, 5.74) is 2.79. The van der Waals surface area contributed by atoms with Gasteiger partial charge in [0.05, 0.1) is 30.2 Å². The standard InChI is InChI=1S/C23H30N6O2/c30-23(25-9-4-10-27-13-15-31-16-14-27)18-5-2-11-28(17-18)22-20-7-3-12-29(20)19-6-1-8-24-21(19)26-22/h1,3,6-8,12,18H,2,4-5,9-11,13-17H2,(H,25,30)/t18-/m1/s1. The lowest BCUT2D eigenvalue weighted by Crippen LogP contribution is -2.44. The van der Waals surface area contributed by atoms with Crippen LogP contribution in [0.25, 0.3) is 16.7 Å². The predicted molar refractivity (Wildman–Crippen MR) is 120 cm³/mol. The van der Waals surface area contributed by atoms with Gasteiger partial charge in [-0.2, -0.15) is 0 Å². The van der Waals surface area contributed by atoms with Crippen LogP contribution in [-0.2, 0) is 9.53 Å². The van der Waals surface area contributed by atoms with Gasteiger partial charge < -0.3 is 19.4 Å². The second-order valence-corrected chi connectivity index (χ2v) is 8.43. The van der Waals surface area contributed by atoms with E-state index in [9.17, 15) is 4.79 Å². The van der Waals surface area contributed by atoms with Crippen molar-refractivity contribution in [3.63, 3.8) is 0 Å². The third-order valence-electron chi connectivity index (χ3n) is 6.36. The zero-order valence-electron chi connectivity index (χ0n) is 17.9. The number of nitrogens with zero attached hydrogens (tertiary/aromatic N) is 5.